The first-order chi connectivity index (χ1) is 9.88. The van der Waals surface area contributed by atoms with Crippen LogP contribution in [0.3, 0.4) is 0 Å². The SMILES string of the molecule is CN(CC(=O)O)c1ccc2c(c1)CC(=O)N2CCC(=O)O. The molecule has 2 rings (SSSR count). The van der Waals surface area contributed by atoms with Crippen molar-refractivity contribution < 1.29 is 24.6 Å². The van der Waals surface area contributed by atoms with Crippen LogP contribution in [0.4, 0.5) is 11.4 Å². The van der Waals surface area contributed by atoms with Gasteiger partial charge < -0.3 is 20.0 Å². The van der Waals surface area contributed by atoms with Crippen LogP contribution in [0.5, 0.6) is 0 Å². The molecule has 1 aliphatic heterocycles. The normalized spacial score (nSPS) is 13.2. The van der Waals surface area contributed by atoms with Crippen LogP contribution < -0.4 is 9.80 Å². The van der Waals surface area contributed by atoms with Crippen molar-refractivity contribution in [1.29, 1.82) is 0 Å². The number of fused-ring (bicyclic) bond motifs is 1. The summed E-state index contributed by atoms with van der Waals surface area (Å²) in [6.45, 7) is 0.0148. The van der Waals surface area contributed by atoms with Gasteiger partial charge in [0.15, 0.2) is 0 Å². The highest BCUT2D eigenvalue weighted by Gasteiger charge is 2.27. The third-order valence-corrected chi connectivity index (χ3v) is 3.36. The van der Waals surface area contributed by atoms with Gasteiger partial charge in [-0.2, -0.15) is 0 Å². The molecular formula is C14H16N2O5. The molecule has 7 heteroatoms. The molecule has 0 spiro atoms. The minimum absolute atomic E-state index is 0.105. The summed E-state index contributed by atoms with van der Waals surface area (Å²) < 4.78 is 0. The molecule has 7 nitrogen and oxygen atoms in total. The van der Waals surface area contributed by atoms with Crippen LogP contribution in [-0.2, 0) is 20.8 Å². The molecule has 0 unspecified atom stereocenters. The lowest BCUT2D eigenvalue weighted by atomic mass is 10.1. The van der Waals surface area contributed by atoms with Gasteiger partial charge in [-0.15, -0.1) is 0 Å². The third-order valence-electron chi connectivity index (χ3n) is 3.36. The average molecular weight is 292 g/mol. The molecule has 2 N–H and O–H groups in total. The van der Waals surface area contributed by atoms with E-state index in [4.69, 9.17) is 10.2 Å². The van der Waals surface area contributed by atoms with Crippen LogP contribution in [0.2, 0.25) is 0 Å². The topological polar surface area (TPSA) is 98.2 Å². The second kappa shape index (κ2) is 5.82. The molecule has 1 aromatic carbocycles. The number of nitrogens with zero attached hydrogens (tertiary/aromatic N) is 2. The number of anilines is 2. The first kappa shape index (κ1) is 14.8. The number of hydrogen-bond donors (Lipinski definition) is 2. The molecule has 0 aliphatic carbocycles. The van der Waals surface area contributed by atoms with Crippen LogP contribution in [0.15, 0.2) is 18.2 Å². The molecule has 0 bridgehead atoms. The molecule has 0 radical (unpaired) electrons. The molecule has 1 amide bonds. The molecule has 1 aliphatic rings. The Morgan fingerprint density at radius 2 is 2.00 bits per heavy atom. The van der Waals surface area contributed by atoms with E-state index in [1.807, 2.05) is 0 Å². The molecular weight excluding hydrogens is 276 g/mol. The van der Waals surface area contributed by atoms with E-state index >= 15 is 0 Å². The lowest BCUT2D eigenvalue weighted by Crippen LogP contribution is -2.29. The minimum atomic E-state index is -0.950. The predicted octanol–water partition coefficient (Wildman–Crippen LogP) is 0.571. The first-order valence-corrected chi connectivity index (χ1v) is 6.46. The standard InChI is InChI=1S/C14H16N2O5/c1-15(8-14(20)21)10-2-3-11-9(6-10)7-12(17)16(11)5-4-13(18)19/h2-3,6H,4-5,7-8H2,1H3,(H,18,19)(H,20,21). The Labute approximate surface area is 121 Å². The van der Waals surface area contributed by atoms with Crippen molar-refractivity contribution in [1.82, 2.24) is 0 Å². The van der Waals surface area contributed by atoms with Gasteiger partial charge in [0.05, 0.1) is 12.8 Å². The third kappa shape index (κ3) is 3.31. The summed E-state index contributed by atoms with van der Waals surface area (Å²) in [5.74, 6) is -2.02. The van der Waals surface area contributed by atoms with E-state index < -0.39 is 11.9 Å². The quantitative estimate of drug-likeness (QED) is 0.795. The summed E-state index contributed by atoms with van der Waals surface area (Å²) in [6, 6.07) is 5.24. The van der Waals surface area contributed by atoms with Gasteiger partial charge in [-0.05, 0) is 23.8 Å². The van der Waals surface area contributed by atoms with Crippen LogP contribution in [-0.4, -0.2) is 48.2 Å². The second-order valence-electron chi connectivity index (χ2n) is 4.93. The Morgan fingerprint density at radius 1 is 1.29 bits per heavy atom. The van der Waals surface area contributed by atoms with Gasteiger partial charge in [0.25, 0.3) is 0 Å². The van der Waals surface area contributed by atoms with Crippen molar-refractivity contribution in [2.45, 2.75) is 12.8 Å². The highest BCUT2D eigenvalue weighted by molar-refractivity contribution is 6.02. The molecule has 0 atom stereocenters. The fourth-order valence-electron chi connectivity index (χ4n) is 2.35. The summed E-state index contributed by atoms with van der Waals surface area (Å²) in [4.78, 5) is 36.3. The molecule has 0 fully saturated rings. The van der Waals surface area contributed by atoms with Gasteiger partial charge >= 0.3 is 11.9 Å². The number of hydrogen-bond acceptors (Lipinski definition) is 4. The van der Waals surface area contributed by atoms with E-state index in [1.54, 1.807) is 30.1 Å². The zero-order chi connectivity index (χ0) is 15.6. The lowest BCUT2D eigenvalue weighted by molar-refractivity contribution is -0.137. The Kier molecular flexibility index (Phi) is 4.11. The van der Waals surface area contributed by atoms with E-state index in [1.165, 1.54) is 4.90 Å². The number of carboxylic acid groups (broad SMARTS) is 2. The van der Waals surface area contributed by atoms with Gasteiger partial charge in [-0.3, -0.25) is 14.4 Å². The van der Waals surface area contributed by atoms with Crippen LogP contribution >= 0.6 is 0 Å². The summed E-state index contributed by atoms with van der Waals surface area (Å²) >= 11 is 0. The maximum atomic E-state index is 11.9. The smallest absolute Gasteiger partial charge is 0.323 e. The maximum absolute atomic E-state index is 11.9. The Balaban J connectivity index is 2.19. The van der Waals surface area contributed by atoms with Crippen molar-refractivity contribution in [2.24, 2.45) is 0 Å². The number of carbonyl (C=O) groups excluding carboxylic acids is 1. The van der Waals surface area contributed by atoms with E-state index in [0.717, 1.165) is 5.56 Å². The number of amides is 1. The molecule has 0 saturated carbocycles. The molecule has 21 heavy (non-hydrogen) atoms. The minimum Gasteiger partial charge on any atom is -0.481 e. The summed E-state index contributed by atoms with van der Waals surface area (Å²) in [6.07, 6.45) is 0.107. The fourth-order valence-corrected chi connectivity index (χ4v) is 2.35. The van der Waals surface area contributed by atoms with Crippen LogP contribution in [0.25, 0.3) is 0 Å². The van der Waals surface area contributed by atoms with Gasteiger partial charge in [0, 0.05) is 25.0 Å². The summed E-state index contributed by atoms with van der Waals surface area (Å²) in [7, 11) is 1.66. The highest BCUT2D eigenvalue weighted by atomic mass is 16.4. The summed E-state index contributed by atoms with van der Waals surface area (Å²) in [5.41, 5.74) is 2.21. The van der Waals surface area contributed by atoms with Gasteiger partial charge in [0.1, 0.15) is 6.54 Å². The van der Waals surface area contributed by atoms with Crippen molar-refractivity contribution in [3.05, 3.63) is 23.8 Å². The van der Waals surface area contributed by atoms with Crippen molar-refractivity contribution in [2.75, 3.05) is 29.9 Å². The largest absolute Gasteiger partial charge is 0.481 e. The maximum Gasteiger partial charge on any atom is 0.323 e. The number of rotatable bonds is 6. The fraction of sp³-hybridized carbons (Fsp3) is 0.357. The lowest BCUT2D eigenvalue weighted by Gasteiger charge is -2.19. The first-order valence-electron chi connectivity index (χ1n) is 6.46. The number of benzene rings is 1. The number of likely N-dealkylation sites (N-methyl/N-ethyl adjacent to an activating group) is 1. The average Bonchev–Trinajstić information content (AvgIpc) is 2.70. The Hall–Kier alpha value is -2.57. The monoisotopic (exact) mass is 292 g/mol. The number of carbonyl (C=O) groups is 3. The molecule has 0 saturated heterocycles. The Bertz CT molecular complexity index is 599. The van der Waals surface area contributed by atoms with Gasteiger partial charge in [0.2, 0.25) is 5.91 Å². The number of aliphatic carboxylic acids is 2. The molecule has 112 valence electrons. The van der Waals surface area contributed by atoms with E-state index in [9.17, 15) is 14.4 Å². The van der Waals surface area contributed by atoms with Crippen LogP contribution in [0, 0.1) is 0 Å². The molecule has 1 aromatic rings. The number of carboxylic acids is 2. The van der Waals surface area contributed by atoms with E-state index in [0.29, 0.717) is 11.4 Å². The zero-order valence-electron chi connectivity index (χ0n) is 11.6. The van der Waals surface area contributed by atoms with Crippen molar-refractivity contribution >= 4 is 29.2 Å². The molecule has 1 heterocycles. The zero-order valence-corrected chi connectivity index (χ0v) is 11.6. The predicted molar refractivity (Wildman–Crippen MR) is 75.7 cm³/mol. The van der Waals surface area contributed by atoms with Gasteiger partial charge in [-0.1, -0.05) is 0 Å². The second-order valence-corrected chi connectivity index (χ2v) is 4.93. The Morgan fingerprint density at radius 3 is 2.62 bits per heavy atom. The van der Waals surface area contributed by atoms with E-state index in [2.05, 4.69) is 0 Å². The van der Waals surface area contributed by atoms with Crippen molar-refractivity contribution in [3.8, 4) is 0 Å². The molecule has 0 aromatic heterocycles. The van der Waals surface area contributed by atoms with E-state index in [-0.39, 0.29) is 31.8 Å². The highest BCUT2D eigenvalue weighted by Crippen LogP contribution is 2.32. The van der Waals surface area contributed by atoms with Crippen molar-refractivity contribution in [3.63, 3.8) is 0 Å². The summed E-state index contributed by atoms with van der Waals surface area (Å²) in [5, 5.41) is 17.5. The van der Waals surface area contributed by atoms with Gasteiger partial charge in [-0.25, -0.2) is 0 Å². The van der Waals surface area contributed by atoms with Crippen LogP contribution in [0.1, 0.15) is 12.0 Å².